The summed E-state index contributed by atoms with van der Waals surface area (Å²) in [6.45, 7) is 2.93. The van der Waals surface area contributed by atoms with Crippen molar-refractivity contribution < 1.29 is 31.1 Å². The smallest absolute Gasteiger partial charge is 0.354 e. The maximum Gasteiger partial charge on any atom is 0.416 e. The molecule has 1 heterocycles. The molecule has 39 heavy (non-hydrogen) atoms. The molecule has 1 aliphatic carbocycles. The van der Waals surface area contributed by atoms with Crippen LogP contribution in [0.25, 0.3) is 0 Å². The molecule has 1 unspecified atom stereocenters. The number of halogens is 7. The topological polar surface area (TPSA) is 35.6 Å². The standard InChI is InChI=1S/C28H32BrF6N3O/c29-24-9-5-4-8-23(24)25(38-14-12-37(13-15-38)22-6-2-1-3-7-22)26(39)36-11-10-19-16-20(27(30,31)32)18-21(17-19)28(33,34)35/h4-5,8-9,16-18,22,25H,1-3,6-7,10-15H2,(H,36,39). The van der Waals surface area contributed by atoms with Crippen molar-refractivity contribution >= 4 is 21.8 Å². The summed E-state index contributed by atoms with van der Waals surface area (Å²) < 4.78 is 80.1. The molecule has 1 amide bonds. The molecule has 0 aromatic heterocycles. The van der Waals surface area contributed by atoms with Crippen LogP contribution in [0, 0.1) is 0 Å². The number of carbonyl (C=O) groups is 1. The van der Waals surface area contributed by atoms with Crippen LogP contribution < -0.4 is 5.32 Å². The molecule has 1 saturated heterocycles. The first kappa shape index (κ1) is 29.9. The predicted octanol–water partition coefficient (Wildman–Crippen LogP) is 6.84. The Morgan fingerprint density at radius 1 is 0.897 bits per heavy atom. The summed E-state index contributed by atoms with van der Waals surface area (Å²) in [6, 6.07) is 8.83. The number of carbonyl (C=O) groups excluding carboxylic acids is 1. The molecule has 0 bridgehead atoms. The van der Waals surface area contributed by atoms with Crippen molar-refractivity contribution in [3.63, 3.8) is 0 Å². The van der Waals surface area contributed by atoms with E-state index in [2.05, 4.69) is 31.0 Å². The maximum absolute atomic E-state index is 13.5. The first-order valence-electron chi connectivity index (χ1n) is 13.2. The van der Waals surface area contributed by atoms with Crippen molar-refractivity contribution in [2.24, 2.45) is 0 Å². The molecule has 2 aliphatic rings. The van der Waals surface area contributed by atoms with Gasteiger partial charge in [-0.05, 0) is 54.7 Å². The molecule has 4 nitrogen and oxygen atoms in total. The second-order valence-electron chi connectivity index (χ2n) is 10.2. The van der Waals surface area contributed by atoms with E-state index < -0.39 is 29.5 Å². The molecule has 1 saturated carbocycles. The van der Waals surface area contributed by atoms with Crippen LogP contribution in [-0.4, -0.2) is 54.5 Å². The Bertz CT molecular complexity index is 1090. The summed E-state index contributed by atoms with van der Waals surface area (Å²) in [5, 5.41) is 2.77. The van der Waals surface area contributed by atoms with E-state index in [0.29, 0.717) is 31.3 Å². The molecule has 11 heteroatoms. The van der Waals surface area contributed by atoms with Crippen molar-refractivity contribution in [1.29, 1.82) is 0 Å². The van der Waals surface area contributed by atoms with E-state index in [4.69, 9.17) is 0 Å². The van der Waals surface area contributed by atoms with Crippen LogP contribution >= 0.6 is 15.9 Å². The van der Waals surface area contributed by atoms with Crippen LogP contribution in [0.3, 0.4) is 0 Å². The number of benzene rings is 2. The Hall–Kier alpha value is -2.11. The largest absolute Gasteiger partial charge is 0.416 e. The number of nitrogens with zero attached hydrogens (tertiary/aromatic N) is 2. The summed E-state index contributed by atoms with van der Waals surface area (Å²) >= 11 is 3.53. The summed E-state index contributed by atoms with van der Waals surface area (Å²) in [7, 11) is 0. The molecular weight excluding hydrogens is 588 g/mol. The molecule has 1 aliphatic heterocycles. The fourth-order valence-corrected chi connectivity index (χ4v) is 6.10. The lowest BCUT2D eigenvalue weighted by molar-refractivity contribution is -0.143. The normalized spacial score (nSPS) is 19.2. The molecule has 0 radical (unpaired) electrons. The zero-order valence-corrected chi connectivity index (χ0v) is 23.0. The van der Waals surface area contributed by atoms with E-state index in [1.807, 2.05) is 24.3 Å². The van der Waals surface area contributed by atoms with Gasteiger partial charge in [0.25, 0.3) is 0 Å². The van der Waals surface area contributed by atoms with E-state index in [0.717, 1.165) is 23.1 Å². The van der Waals surface area contributed by atoms with E-state index >= 15 is 0 Å². The van der Waals surface area contributed by atoms with Crippen molar-refractivity contribution in [3.05, 3.63) is 69.2 Å². The molecule has 1 N–H and O–H groups in total. The predicted molar refractivity (Wildman–Crippen MR) is 140 cm³/mol. The van der Waals surface area contributed by atoms with Gasteiger partial charge >= 0.3 is 12.4 Å². The number of rotatable bonds is 7. The molecule has 1 atom stereocenters. The van der Waals surface area contributed by atoms with Crippen LogP contribution in [0.5, 0.6) is 0 Å². The van der Waals surface area contributed by atoms with Gasteiger partial charge in [-0.1, -0.05) is 53.4 Å². The van der Waals surface area contributed by atoms with Gasteiger partial charge in [-0.3, -0.25) is 14.6 Å². The minimum absolute atomic E-state index is 0.0968. The van der Waals surface area contributed by atoms with Gasteiger partial charge in [0.05, 0.1) is 11.1 Å². The zero-order chi connectivity index (χ0) is 28.2. The van der Waals surface area contributed by atoms with E-state index in [1.165, 1.54) is 32.1 Å². The number of nitrogens with one attached hydrogen (secondary N) is 1. The molecule has 0 spiro atoms. The maximum atomic E-state index is 13.5. The lowest BCUT2D eigenvalue weighted by Crippen LogP contribution is -2.53. The third kappa shape index (κ3) is 7.76. The summed E-state index contributed by atoms with van der Waals surface area (Å²) in [6.07, 6.45) is -3.85. The Kier molecular flexibility index (Phi) is 9.65. The highest BCUT2D eigenvalue weighted by Gasteiger charge is 2.37. The highest BCUT2D eigenvalue weighted by molar-refractivity contribution is 9.10. The number of hydrogen-bond acceptors (Lipinski definition) is 3. The molecule has 214 valence electrons. The van der Waals surface area contributed by atoms with Crippen LogP contribution in [0.15, 0.2) is 46.9 Å². The van der Waals surface area contributed by atoms with Gasteiger partial charge in [-0.2, -0.15) is 26.3 Å². The Morgan fingerprint density at radius 3 is 2.05 bits per heavy atom. The minimum atomic E-state index is -4.91. The van der Waals surface area contributed by atoms with Gasteiger partial charge in [0.15, 0.2) is 0 Å². The molecule has 2 fully saturated rings. The van der Waals surface area contributed by atoms with Gasteiger partial charge in [0.1, 0.15) is 6.04 Å². The quantitative estimate of drug-likeness (QED) is 0.345. The lowest BCUT2D eigenvalue weighted by Gasteiger charge is -2.43. The van der Waals surface area contributed by atoms with Gasteiger partial charge in [0.2, 0.25) is 5.91 Å². The lowest BCUT2D eigenvalue weighted by atomic mass is 9.93. The highest BCUT2D eigenvalue weighted by atomic mass is 79.9. The second-order valence-corrected chi connectivity index (χ2v) is 11.1. The third-order valence-corrected chi connectivity index (χ3v) is 8.34. The average molecular weight is 620 g/mol. The van der Waals surface area contributed by atoms with Crippen LogP contribution in [0.4, 0.5) is 26.3 Å². The van der Waals surface area contributed by atoms with Gasteiger partial charge < -0.3 is 5.32 Å². The van der Waals surface area contributed by atoms with Crippen LogP contribution in [-0.2, 0) is 23.6 Å². The van der Waals surface area contributed by atoms with Crippen LogP contribution in [0.1, 0.15) is 60.4 Å². The van der Waals surface area contributed by atoms with Crippen LogP contribution in [0.2, 0.25) is 0 Å². The van der Waals surface area contributed by atoms with E-state index in [1.54, 1.807) is 0 Å². The van der Waals surface area contributed by atoms with Gasteiger partial charge in [0, 0.05) is 43.2 Å². The number of hydrogen-bond donors (Lipinski definition) is 1. The van der Waals surface area contributed by atoms with Crippen molar-refractivity contribution in [3.8, 4) is 0 Å². The van der Waals surface area contributed by atoms with Gasteiger partial charge in [-0.25, -0.2) is 0 Å². The Balaban J connectivity index is 1.46. The van der Waals surface area contributed by atoms with Gasteiger partial charge in [-0.15, -0.1) is 0 Å². The molecule has 2 aromatic rings. The summed E-state index contributed by atoms with van der Waals surface area (Å²) in [5.41, 5.74) is -2.10. The van der Waals surface area contributed by atoms with E-state index in [9.17, 15) is 31.1 Å². The third-order valence-electron chi connectivity index (χ3n) is 7.61. The minimum Gasteiger partial charge on any atom is -0.354 e. The number of amides is 1. The summed E-state index contributed by atoms with van der Waals surface area (Å²) in [4.78, 5) is 18.1. The second kappa shape index (κ2) is 12.6. The molecule has 2 aromatic carbocycles. The fraction of sp³-hybridized carbons (Fsp3) is 0.536. The average Bonchev–Trinajstić information content (AvgIpc) is 2.90. The zero-order valence-electron chi connectivity index (χ0n) is 21.4. The Morgan fingerprint density at radius 2 is 1.49 bits per heavy atom. The molecule has 4 rings (SSSR count). The van der Waals surface area contributed by atoms with Crippen molar-refractivity contribution in [1.82, 2.24) is 15.1 Å². The first-order chi connectivity index (χ1) is 18.4. The number of piperazine rings is 1. The molecular formula is C28H32BrF6N3O. The first-order valence-corrected chi connectivity index (χ1v) is 14.0. The van der Waals surface area contributed by atoms with Crippen molar-refractivity contribution in [2.75, 3.05) is 32.7 Å². The Labute approximate surface area is 232 Å². The summed E-state index contributed by atoms with van der Waals surface area (Å²) in [5.74, 6) is -0.337. The SMILES string of the molecule is O=C(NCCc1cc(C(F)(F)F)cc(C(F)(F)F)c1)C(c1ccccc1Br)N1CCN(C2CCCCC2)CC1. The van der Waals surface area contributed by atoms with E-state index in [-0.39, 0.29) is 30.5 Å². The van der Waals surface area contributed by atoms with Crippen molar-refractivity contribution in [2.45, 2.75) is 63.0 Å². The number of alkyl halides is 6. The monoisotopic (exact) mass is 619 g/mol. The highest BCUT2D eigenvalue weighted by Crippen LogP contribution is 2.36. The fourth-order valence-electron chi connectivity index (χ4n) is 5.60.